The van der Waals surface area contributed by atoms with Crippen molar-refractivity contribution >= 4 is 11.6 Å². The largest absolute Gasteiger partial charge is 0.383 e. The fourth-order valence-electron chi connectivity index (χ4n) is 0.952. The normalized spacial score (nSPS) is 9.62. The minimum atomic E-state index is -0.493. The molecule has 0 saturated heterocycles. The number of carbonyl (C=O) groups excluding carboxylic acids is 1. The van der Waals surface area contributed by atoms with Gasteiger partial charge in [-0.05, 0) is 6.07 Å². The summed E-state index contributed by atoms with van der Waals surface area (Å²) in [4.78, 5) is 14.7. The van der Waals surface area contributed by atoms with Gasteiger partial charge in [0, 0.05) is 25.5 Å². The van der Waals surface area contributed by atoms with Gasteiger partial charge in [-0.25, -0.2) is 0 Å². The topological polar surface area (TPSA) is 94.0 Å². The quantitative estimate of drug-likeness (QED) is 0.585. The zero-order valence-corrected chi connectivity index (χ0v) is 7.16. The summed E-state index contributed by atoms with van der Waals surface area (Å²) < 4.78 is 0. The summed E-state index contributed by atoms with van der Waals surface area (Å²) in [5.74, 6) is -0.493. The molecule has 5 N–H and O–H groups in total. The van der Waals surface area contributed by atoms with Crippen molar-refractivity contribution in [2.75, 3.05) is 18.4 Å². The summed E-state index contributed by atoms with van der Waals surface area (Å²) >= 11 is 0. The number of nitrogens with one attached hydrogen (secondary N) is 1. The van der Waals surface area contributed by atoms with Crippen LogP contribution in [0.4, 0.5) is 5.69 Å². The van der Waals surface area contributed by atoms with Crippen molar-refractivity contribution in [1.82, 2.24) is 4.98 Å². The predicted molar refractivity (Wildman–Crippen MR) is 50.3 cm³/mol. The summed E-state index contributed by atoms with van der Waals surface area (Å²) in [7, 11) is 0. The highest BCUT2D eigenvalue weighted by molar-refractivity contribution is 5.98. The van der Waals surface area contributed by atoms with Crippen LogP contribution < -0.4 is 16.8 Å². The Kier molecular flexibility index (Phi) is 3.22. The summed E-state index contributed by atoms with van der Waals surface area (Å²) in [5.41, 5.74) is 11.5. The average molecular weight is 180 g/mol. The zero-order chi connectivity index (χ0) is 9.68. The second kappa shape index (κ2) is 4.42. The van der Waals surface area contributed by atoms with Gasteiger partial charge in [0.05, 0.1) is 11.3 Å². The number of aromatic nitrogens is 1. The van der Waals surface area contributed by atoms with Crippen LogP contribution in [0.2, 0.25) is 0 Å². The molecule has 5 nitrogen and oxygen atoms in total. The molecule has 0 aliphatic heterocycles. The van der Waals surface area contributed by atoms with Crippen molar-refractivity contribution in [2.24, 2.45) is 11.5 Å². The van der Waals surface area contributed by atoms with Gasteiger partial charge in [-0.1, -0.05) is 0 Å². The number of amides is 1. The molecule has 0 aliphatic rings. The number of nitrogens with two attached hydrogens (primary N) is 2. The van der Waals surface area contributed by atoms with E-state index in [1.807, 2.05) is 0 Å². The van der Waals surface area contributed by atoms with Crippen molar-refractivity contribution in [3.05, 3.63) is 24.0 Å². The van der Waals surface area contributed by atoms with Crippen molar-refractivity contribution < 1.29 is 4.79 Å². The molecule has 0 bridgehead atoms. The van der Waals surface area contributed by atoms with E-state index in [0.717, 1.165) is 0 Å². The van der Waals surface area contributed by atoms with Gasteiger partial charge in [0.1, 0.15) is 0 Å². The Morgan fingerprint density at radius 2 is 2.38 bits per heavy atom. The molecule has 70 valence electrons. The maximum Gasteiger partial charge on any atom is 0.252 e. The van der Waals surface area contributed by atoms with Gasteiger partial charge in [0.2, 0.25) is 0 Å². The second-order valence-electron chi connectivity index (χ2n) is 2.50. The van der Waals surface area contributed by atoms with E-state index in [4.69, 9.17) is 11.5 Å². The smallest absolute Gasteiger partial charge is 0.252 e. The van der Waals surface area contributed by atoms with E-state index in [1.165, 1.54) is 6.20 Å². The second-order valence-corrected chi connectivity index (χ2v) is 2.50. The van der Waals surface area contributed by atoms with Crippen LogP contribution in [-0.2, 0) is 0 Å². The highest BCUT2D eigenvalue weighted by Gasteiger charge is 2.05. The van der Waals surface area contributed by atoms with Gasteiger partial charge >= 0.3 is 0 Å². The summed E-state index contributed by atoms with van der Waals surface area (Å²) in [6.07, 6.45) is 3.02. The molecular weight excluding hydrogens is 168 g/mol. The zero-order valence-electron chi connectivity index (χ0n) is 7.16. The Balaban J connectivity index is 2.84. The first kappa shape index (κ1) is 9.47. The number of hydrogen-bond acceptors (Lipinski definition) is 4. The minimum absolute atomic E-state index is 0.385. The Hall–Kier alpha value is -1.62. The Labute approximate surface area is 76.1 Å². The van der Waals surface area contributed by atoms with Gasteiger partial charge in [0.15, 0.2) is 0 Å². The van der Waals surface area contributed by atoms with Gasteiger partial charge < -0.3 is 16.8 Å². The standard InChI is InChI=1S/C8H12N4O/c9-2-4-12-7-1-3-11-5-6(7)8(10)13/h1,3,5H,2,4,9H2,(H2,10,13)(H,11,12). The van der Waals surface area contributed by atoms with E-state index in [1.54, 1.807) is 12.3 Å². The van der Waals surface area contributed by atoms with Gasteiger partial charge in [0.25, 0.3) is 5.91 Å². The fourth-order valence-corrected chi connectivity index (χ4v) is 0.952. The minimum Gasteiger partial charge on any atom is -0.383 e. The van der Waals surface area contributed by atoms with Crippen molar-refractivity contribution in [1.29, 1.82) is 0 Å². The van der Waals surface area contributed by atoms with Crippen LogP contribution in [0.15, 0.2) is 18.5 Å². The van der Waals surface area contributed by atoms with E-state index >= 15 is 0 Å². The molecule has 1 heterocycles. The van der Waals surface area contributed by atoms with E-state index in [-0.39, 0.29) is 0 Å². The Morgan fingerprint density at radius 3 is 3.00 bits per heavy atom. The maximum atomic E-state index is 10.9. The van der Waals surface area contributed by atoms with Crippen molar-refractivity contribution in [3.8, 4) is 0 Å². The lowest BCUT2D eigenvalue weighted by Gasteiger charge is -2.07. The van der Waals surface area contributed by atoms with Crippen molar-refractivity contribution in [2.45, 2.75) is 0 Å². The molecule has 0 spiro atoms. The predicted octanol–water partition coefficient (Wildman–Crippen LogP) is -0.449. The lowest BCUT2D eigenvalue weighted by molar-refractivity contribution is 0.100. The van der Waals surface area contributed by atoms with Gasteiger partial charge in [-0.15, -0.1) is 0 Å². The Morgan fingerprint density at radius 1 is 1.62 bits per heavy atom. The first-order chi connectivity index (χ1) is 6.25. The molecule has 0 saturated carbocycles. The number of pyridine rings is 1. The average Bonchev–Trinajstić information content (AvgIpc) is 2.15. The lowest BCUT2D eigenvalue weighted by Crippen LogP contribution is -2.18. The fraction of sp³-hybridized carbons (Fsp3) is 0.250. The van der Waals surface area contributed by atoms with Crippen LogP contribution in [-0.4, -0.2) is 24.0 Å². The molecule has 1 amide bonds. The summed E-state index contributed by atoms with van der Waals surface area (Å²) in [6, 6.07) is 1.69. The van der Waals surface area contributed by atoms with E-state index in [2.05, 4.69) is 10.3 Å². The van der Waals surface area contributed by atoms with E-state index in [9.17, 15) is 4.79 Å². The molecule has 5 heteroatoms. The number of nitrogens with zero attached hydrogens (tertiary/aromatic N) is 1. The summed E-state index contributed by atoms with van der Waals surface area (Å²) in [6.45, 7) is 1.10. The summed E-state index contributed by atoms with van der Waals surface area (Å²) in [5, 5.41) is 2.98. The molecule has 0 aliphatic carbocycles. The van der Waals surface area contributed by atoms with Crippen LogP contribution in [0.25, 0.3) is 0 Å². The molecule has 0 unspecified atom stereocenters. The third-order valence-corrected chi connectivity index (χ3v) is 1.55. The SMILES string of the molecule is NCCNc1ccncc1C(N)=O. The van der Waals surface area contributed by atoms with Crippen LogP contribution in [0.3, 0.4) is 0 Å². The molecule has 1 aromatic heterocycles. The highest BCUT2D eigenvalue weighted by atomic mass is 16.1. The first-order valence-electron chi connectivity index (χ1n) is 3.93. The van der Waals surface area contributed by atoms with Crippen molar-refractivity contribution in [3.63, 3.8) is 0 Å². The number of hydrogen-bond donors (Lipinski definition) is 3. The number of primary amides is 1. The monoisotopic (exact) mass is 180 g/mol. The molecular formula is C8H12N4O. The van der Waals surface area contributed by atoms with Crippen LogP contribution in [0.5, 0.6) is 0 Å². The van der Waals surface area contributed by atoms with Crippen LogP contribution >= 0.6 is 0 Å². The molecule has 0 fully saturated rings. The third-order valence-electron chi connectivity index (χ3n) is 1.55. The maximum absolute atomic E-state index is 10.9. The third kappa shape index (κ3) is 2.41. The molecule has 13 heavy (non-hydrogen) atoms. The van der Waals surface area contributed by atoms with E-state index < -0.39 is 5.91 Å². The van der Waals surface area contributed by atoms with Gasteiger partial charge in [-0.2, -0.15) is 0 Å². The highest BCUT2D eigenvalue weighted by Crippen LogP contribution is 2.11. The van der Waals surface area contributed by atoms with Crippen LogP contribution in [0, 0.1) is 0 Å². The Bertz CT molecular complexity index is 300. The van der Waals surface area contributed by atoms with E-state index in [0.29, 0.717) is 24.3 Å². The molecule has 0 atom stereocenters. The number of rotatable bonds is 4. The molecule has 1 aromatic rings. The number of carbonyl (C=O) groups is 1. The molecule has 0 aromatic carbocycles. The lowest BCUT2D eigenvalue weighted by atomic mass is 10.2. The molecule has 0 radical (unpaired) electrons. The van der Waals surface area contributed by atoms with Crippen LogP contribution in [0.1, 0.15) is 10.4 Å². The molecule has 1 rings (SSSR count). The first-order valence-corrected chi connectivity index (χ1v) is 3.93. The van der Waals surface area contributed by atoms with Gasteiger partial charge in [-0.3, -0.25) is 9.78 Å². The number of anilines is 1.